The average molecular weight is 1380 g/mol. The molecule has 0 saturated heterocycles. The molecule has 0 bridgehead atoms. The summed E-state index contributed by atoms with van der Waals surface area (Å²) in [5, 5.41) is 10.9. The van der Waals surface area contributed by atoms with Crippen molar-refractivity contribution in [3.8, 4) is 21.9 Å². The minimum atomic E-state index is -2.21. The molecule has 6 aromatic heterocycles. The Bertz CT molecular complexity index is 3950. The fourth-order valence-corrected chi connectivity index (χ4v) is 32.0. The van der Waals surface area contributed by atoms with E-state index in [9.17, 15) is 9.59 Å². The average Bonchev–Trinajstić information content (AvgIpc) is 4.19. The Morgan fingerprint density at radius 2 is 1.02 bits per heavy atom. The van der Waals surface area contributed by atoms with E-state index in [2.05, 4.69) is 97.4 Å². The maximum atomic E-state index is 13.7. The first-order chi connectivity index (χ1) is 40.4. The predicted octanol–water partition coefficient (Wildman–Crippen LogP) is 16.7. The number of anilines is 4. The quantitative estimate of drug-likeness (QED) is 0.0560. The largest absolute Gasteiger partial charge is 0.368 e. The van der Waals surface area contributed by atoms with Crippen molar-refractivity contribution in [1.29, 1.82) is 0 Å². The van der Waals surface area contributed by atoms with Gasteiger partial charge in [-0.3, -0.25) is 18.7 Å². The molecule has 0 spiro atoms. The molecule has 438 valence electrons. The van der Waals surface area contributed by atoms with Crippen LogP contribution in [-0.2, 0) is 0 Å². The molecule has 0 radical (unpaired) electrons. The number of para-hydroxylation sites is 2. The van der Waals surface area contributed by atoms with Crippen LogP contribution in [-0.4, -0.2) is 57.4 Å². The van der Waals surface area contributed by atoms with E-state index in [1.54, 1.807) is 48.0 Å². The number of nitrogen functional groups attached to an aromatic ring is 2. The summed E-state index contributed by atoms with van der Waals surface area (Å²) >= 11 is 17.6. The summed E-state index contributed by atoms with van der Waals surface area (Å²) < 4.78 is 10.3. The smallest absolute Gasteiger partial charge is 0.264 e. The standard InChI is InChI=1S/C26H23ClN6OS.C21H17BrClN5O.C5H6NS.3C4H9.Sn/c1-14-16(3)35-24(31-14)19-13-29-26(28)32-23(19)30-15(2)21-12-17-8-7-11-20(27)22(17)25(34)33(21)18-9-5-4-6-10-18;1-12(26-19-15(22)11-25-21(24)27-19)17-10-13-6-5-9-16(23)18(13)20(29)28(17)14-7-3-2-4-8-14;1-4-5(2)7-3-6-4;3*1-3-4-2;/h4-13,15H,1-3H3,(H3,28,29,30,32);2-12H,1H3,(H3,24,25,26,27);1-2H3;3*1,3-4H2,2H3;/t15-;12-;;;;;/m00...../s1. The Morgan fingerprint density at radius 1 is 0.583 bits per heavy atom. The van der Waals surface area contributed by atoms with E-state index >= 15 is 0 Å². The van der Waals surface area contributed by atoms with Gasteiger partial charge in [0.25, 0.3) is 11.1 Å². The Labute approximate surface area is 522 Å². The second kappa shape index (κ2) is 29.2. The van der Waals surface area contributed by atoms with Crippen LogP contribution in [0.4, 0.5) is 23.5 Å². The van der Waals surface area contributed by atoms with E-state index in [1.807, 2.05) is 125 Å². The van der Waals surface area contributed by atoms with E-state index in [0.717, 1.165) is 54.7 Å². The van der Waals surface area contributed by atoms with Crippen molar-refractivity contribution >= 4 is 128 Å². The van der Waals surface area contributed by atoms with Crippen LogP contribution in [0.2, 0.25) is 23.4 Å². The van der Waals surface area contributed by atoms with Gasteiger partial charge in [0.1, 0.15) is 16.6 Å². The SMILES string of the molecule is CCC[CH2][Sn]([CH2]CCC)([CH2]CCC)[c]1nc(C)c(C)s1.C[C@H](Nc1nc(N)ncc1Br)c1cc2cccc(Cl)c2c(=O)n1-c1ccccc1.Cc1nc(-c2cnc(N)nc2N[C@@H](C)c2cc3cccc(Cl)c3c(=O)n2-c2ccccc2)sc1C. The van der Waals surface area contributed by atoms with E-state index < -0.39 is 18.4 Å². The van der Waals surface area contributed by atoms with Gasteiger partial charge in [0.15, 0.2) is 0 Å². The fourth-order valence-electron chi connectivity index (χ4n) is 10.2. The summed E-state index contributed by atoms with van der Waals surface area (Å²) in [6.07, 6.45) is 11.6. The second-order valence-corrected chi connectivity index (χ2v) is 39.1. The molecule has 0 unspecified atom stereocenters. The summed E-state index contributed by atoms with van der Waals surface area (Å²) in [7, 11) is 0. The van der Waals surface area contributed by atoms with Gasteiger partial charge in [-0.1, -0.05) is 83.9 Å². The van der Waals surface area contributed by atoms with Crippen molar-refractivity contribution in [3.05, 3.63) is 189 Å². The normalized spacial score (nSPS) is 12.1. The van der Waals surface area contributed by atoms with Crippen molar-refractivity contribution in [2.75, 3.05) is 22.1 Å². The number of aryl methyl sites for hydroxylation is 4. The number of halogens is 3. The molecule has 0 fully saturated rings. The first kappa shape index (κ1) is 63.8. The molecule has 20 heteroatoms. The van der Waals surface area contributed by atoms with Crippen LogP contribution in [0, 0.1) is 27.7 Å². The Morgan fingerprint density at radius 3 is 1.46 bits per heavy atom. The van der Waals surface area contributed by atoms with Crippen LogP contribution in [0.1, 0.15) is 118 Å². The van der Waals surface area contributed by atoms with Crippen molar-refractivity contribution in [2.24, 2.45) is 0 Å². The van der Waals surface area contributed by atoms with E-state index in [0.29, 0.717) is 36.9 Å². The molecule has 10 aromatic rings. The molecule has 0 amide bonds. The van der Waals surface area contributed by atoms with E-state index in [1.165, 1.54) is 62.4 Å². The minimum Gasteiger partial charge on any atom is -0.368 e. The van der Waals surface area contributed by atoms with E-state index in [-0.39, 0.29) is 35.1 Å². The van der Waals surface area contributed by atoms with Gasteiger partial charge in [-0.25, -0.2) is 15.0 Å². The number of nitrogens with zero attached hydrogens (tertiary/aromatic N) is 8. The monoisotopic (exact) mass is 1370 g/mol. The second-order valence-electron chi connectivity index (χ2n) is 21.1. The first-order valence-corrected chi connectivity index (χ1v) is 39.2. The maximum absolute atomic E-state index is 13.7. The molecule has 10 rings (SSSR count). The fraction of sp³-hybridized carbons (Fsp3) is 0.312. The van der Waals surface area contributed by atoms with Gasteiger partial charge < -0.3 is 22.1 Å². The number of fused-ring (bicyclic) bond motifs is 2. The van der Waals surface area contributed by atoms with Crippen LogP contribution in [0.25, 0.3) is 43.5 Å². The molecule has 84 heavy (non-hydrogen) atoms. The minimum absolute atomic E-state index is 0.152. The number of unbranched alkanes of at least 4 members (excludes halogenated alkanes) is 3. The van der Waals surface area contributed by atoms with Crippen LogP contribution in [0.3, 0.4) is 0 Å². The van der Waals surface area contributed by atoms with Crippen molar-refractivity contribution < 1.29 is 0 Å². The van der Waals surface area contributed by atoms with Crippen molar-refractivity contribution in [1.82, 2.24) is 39.0 Å². The third kappa shape index (κ3) is 14.9. The van der Waals surface area contributed by atoms with Gasteiger partial charge in [0.05, 0.1) is 48.6 Å². The van der Waals surface area contributed by atoms with Gasteiger partial charge in [-0.15, -0.1) is 11.3 Å². The first-order valence-electron chi connectivity index (χ1n) is 28.5. The number of hydrogen-bond acceptors (Lipinski definition) is 14. The molecular weight excluding hydrogens is 1300 g/mol. The van der Waals surface area contributed by atoms with Crippen molar-refractivity contribution in [3.63, 3.8) is 0 Å². The Kier molecular flexibility index (Phi) is 22.2. The number of nitrogens with two attached hydrogens (primary N) is 2. The number of nitrogens with one attached hydrogen (secondary N) is 2. The van der Waals surface area contributed by atoms with Gasteiger partial charge in [0.2, 0.25) is 11.9 Å². The van der Waals surface area contributed by atoms with Crippen LogP contribution in [0.15, 0.2) is 136 Å². The Balaban J connectivity index is 0.000000171. The summed E-state index contributed by atoms with van der Waals surface area (Å²) in [4.78, 5) is 56.3. The van der Waals surface area contributed by atoms with Crippen LogP contribution in [0.5, 0.6) is 0 Å². The summed E-state index contributed by atoms with van der Waals surface area (Å²) in [5.41, 5.74) is 17.3. The molecule has 6 N–H and O–H groups in total. The van der Waals surface area contributed by atoms with Crippen LogP contribution < -0.4 is 36.2 Å². The molecular formula is C64H73BrCl2N12O2S2Sn. The van der Waals surface area contributed by atoms with Gasteiger partial charge in [0, 0.05) is 40.0 Å². The number of rotatable bonds is 19. The number of hydrogen-bond donors (Lipinski definition) is 4. The summed E-state index contributed by atoms with van der Waals surface area (Å²) in [6, 6.07) is 33.2. The molecule has 4 aromatic carbocycles. The van der Waals surface area contributed by atoms with Gasteiger partial charge in [-0.2, -0.15) is 9.97 Å². The number of pyridine rings is 2. The zero-order valence-corrected chi connectivity index (χ0v) is 56.6. The summed E-state index contributed by atoms with van der Waals surface area (Å²) in [5.74, 6) is 1.41. The topological polar surface area (TPSA) is 197 Å². The summed E-state index contributed by atoms with van der Waals surface area (Å²) in [6.45, 7) is 19.4. The van der Waals surface area contributed by atoms with Crippen molar-refractivity contribution in [2.45, 2.75) is 126 Å². The number of aromatic nitrogens is 8. The number of thiazole rings is 2. The predicted molar refractivity (Wildman–Crippen MR) is 360 cm³/mol. The zero-order valence-electron chi connectivity index (χ0n) is 49.1. The number of benzene rings is 4. The maximum Gasteiger partial charge on any atom is 0.264 e. The third-order valence-electron chi connectivity index (χ3n) is 15.0. The molecule has 0 aliphatic carbocycles. The van der Waals surface area contributed by atoms with E-state index in [4.69, 9.17) is 39.7 Å². The Hall–Kier alpha value is -6.22. The molecule has 0 aliphatic heterocycles. The molecule has 0 aliphatic rings. The third-order valence-corrected chi connectivity index (χ3v) is 36.1. The zero-order chi connectivity index (χ0) is 60.2. The molecule has 2 atom stereocenters. The molecule has 14 nitrogen and oxygen atoms in total. The van der Waals surface area contributed by atoms with Gasteiger partial charge >= 0.3 is 135 Å². The van der Waals surface area contributed by atoms with Gasteiger partial charge in [-0.05, 0) is 103 Å². The van der Waals surface area contributed by atoms with Crippen LogP contribution >= 0.6 is 61.8 Å². The molecule has 6 heterocycles. The molecule has 0 saturated carbocycles.